The molecular weight excluding hydrogens is 240 g/mol. The van der Waals surface area contributed by atoms with E-state index in [9.17, 15) is 4.79 Å². The molecule has 2 heterocycles. The van der Waals surface area contributed by atoms with Gasteiger partial charge in [0, 0.05) is 19.1 Å². The third-order valence-electron chi connectivity index (χ3n) is 4.10. The van der Waals surface area contributed by atoms with Crippen molar-refractivity contribution in [3.05, 3.63) is 30.3 Å². The number of carbonyl (C=O) groups excluding carboxylic acids is 1. The molecule has 0 bridgehead atoms. The van der Waals surface area contributed by atoms with E-state index in [1.807, 2.05) is 35.2 Å². The molecule has 19 heavy (non-hydrogen) atoms. The lowest BCUT2D eigenvalue weighted by molar-refractivity contribution is 0.0994. The second-order valence-electron chi connectivity index (χ2n) is 5.38. The van der Waals surface area contributed by atoms with Gasteiger partial charge in [-0.1, -0.05) is 18.2 Å². The largest absolute Gasteiger partial charge is 0.415 e. The van der Waals surface area contributed by atoms with E-state index in [4.69, 9.17) is 4.74 Å². The highest BCUT2D eigenvalue weighted by atomic mass is 16.6. The molecule has 2 saturated heterocycles. The summed E-state index contributed by atoms with van der Waals surface area (Å²) in [7, 11) is 0. The molecule has 4 heteroatoms. The maximum atomic E-state index is 12.1. The lowest BCUT2D eigenvalue weighted by Crippen LogP contribution is -2.53. The Kier molecular flexibility index (Phi) is 3.69. The summed E-state index contributed by atoms with van der Waals surface area (Å²) < 4.78 is 5.40. The molecule has 1 amide bonds. The highest BCUT2D eigenvalue weighted by Crippen LogP contribution is 2.25. The highest BCUT2D eigenvalue weighted by Gasteiger charge is 2.33. The Hall–Kier alpha value is -1.55. The molecule has 4 nitrogen and oxygen atoms in total. The van der Waals surface area contributed by atoms with Gasteiger partial charge in [-0.3, -0.25) is 0 Å². The number of hydrogen-bond donors (Lipinski definition) is 1. The Morgan fingerprint density at radius 1 is 1.26 bits per heavy atom. The zero-order valence-electron chi connectivity index (χ0n) is 11.0. The van der Waals surface area contributed by atoms with Gasteiger partial charge in [0.2, 0.25) is 0 Å². The molecule has 0 aromatic heterocycles. The fourth-order valence-electron chi connectivity index (χ4n) is 3.06. The fourth-order valence-corrected chi connectivity index (χ4v) is 3.06. The van der Waals surface area contributed by atoms with E-state index in [1.54, 1.807) is 0 Å². The number of nitrogens with one attached hydrogen (secondary N) is 1. The van der Waals surface area contributed by atoms with Crippen LogP contribution in [0, 0.1) is 5.92 Å². The Morgan fingerprint density at radius 3 is 2.95 bits per heavy atom. The van der Waals surface area contributed by atoms with Crippen molar-refractivity contribution in [2.45, 2.75) is 25.3 Å². The van der Waals surface area contributed by atoms with Gasteiger partial charge >= 0.3 is 6.09 Å². The maximum absolute atomic E-state index is 12.1. The van der Waals surface area contributed by atoms with Crippen LogP contribution >= 0.6 is 0 Å². The van der Waals surface area contributed by atoms with Crippen molar-refractivity contribution in [1.29, 1.82) is 0 Å². The molecular formula is C15H20N2O2. The first-order valence-electron chi connectivity index (χ1n) is 7.08. The van der Waals surface area contributed by atoms with Crippen LogP contribution in [0.1, 0.15) is 19.3 Å². The van der Waals surface area contributed by atoms with Crippen LogP contribution in [0.2, 0.25) is 0 Å². The second kappa shape index (κ2) is 5.61. The molecule has 0 unspecified atom stereocenters. The number of piperidine rings is 2. The lowest BCUT2D eigenvalue weighted by Gasteiger charge is -2.41. The van der Waals surface area contributed by atoms with Gasteiger partial charge < -0.3 is 15.0 Å². The number of likely N-dealkylation sites (tertiary alicyclic amines) is 1. The molecule has 2 aliphatic rings. The number of carbonyl (C=O) groups is 1. The minimum atomic E-state index is -0.213. The molecule has 0 spiro atoms. The summed E-state index contributed by atoms with van der Waals surface area (Å²) in [4.78, 5) is 14.0. The molecule has 2 atom stereocenters. The number of benzene rings is 1. The van der Waals surface area contributed by atoms with Gasteiger partial charge in [-0.2, -0.15) is 0 Å². The van der Waals surface area contributed by atoms with Gasteiger partial charge in [-0.05, 0) is 43.9 Å². The predicted octanol–water partition coefficient (Wildman–Crippen LogP) is 2.26. The third-order valence-corrected chi connectivity index (χ3v) is 4.10. The van der Waals surface area contributed by atoms with E-state index in [1.165, 1.54) is 12.8 Å². The van der Waals surface area contributed by atoms with Gasteiger partial charge in [0.25, 0.3) is 0 Å². The van der Waals surface area contributed by atoms with E-state index in [0.29, 0.717) is 17.7 Å². The van der Waals surface area contributed by atoms with E-state index >= 15 is 0 Å². The summed E-state index contributed by atoms with van der Waals surface area (Å²) in [6.45, 7) is 2.73. The molecule has 1 aromatic carbocycles. The number of amides is 1. The van der Waals surface area contributed by atoms with Crippen molar-refractivity contribution in [3.8, 4) is 5.75 Å². The van der Waals surface area contributed by atoms with E-state index in [2.05, 4.69) is 5.32 Å². The summed E-state index contributed by atoms with van der Waals surface area (Å²) in [6.07, 6.45) is 3.25. The van der Waals surface area contributed by atoms with E-state index < -0.39 is 0 Å². The Morgan fingerprint density at radius 2 is 2.11 bits per heavy atom. The van der Waals surface area contributed by atoms with Crippen molar-refractivity contribution < 1.29 is 9.53 Å². The second-order valence-corrected chi connectivity index (χ2v) is 5.38. The summed E-state index contributed by atoms with van der Waals surface area (Å²) in [5.41, 5.74) is 0. The minimum absolute atomic E-state index is 0.213. The first-order chi connectivity index (χ1) is 9.33. The quantitative estimate of drug-likeness (QED) is 0.842. The number of para-hydroxylation sites is 1. The molecule has 3 rings (SSSR count). The summed E-state index contributed by atoms with van der Waals surface area (Å²) >= 11 is 0. The molecule has 2 fully saturated rings. The van der Waals surface area contributed by atoms with E-state index in [0.717, 1.165) is 26.1 Å². The standard InChI is InChI=1S/C15H20N2O2/c18-15(19-13-6-2-1-3-7-13)17-10-8-14-12(11-17)5-4-9-16-14/h1-3,6-7,12,14,16H,4-5,8-11H2/t12-,14+/m0/s1. The summed E-state index contributed by atoms with van der Waals surface area (Å²) in [6, 6.07) is 9.88. The Bertz CT molecular complexity index is 435. The average molecular weight is 260 g/mol. The van der Waals surface area contributed by atoms with E-state index in [-0.39, 0.29) is 6.09 Å². The van der Waals surface area contributed by atoms with Crippen molar-refractivity contribution >= 4 is 6.09 Å². The SMILES string of the molecule is O=C(Oc1ccccc1)N1CC[C@H]2NCCC[C@H]2C1. The number of hydrogen-bond acceptors (Lipinski definition) is 3. The summed E-state index contributed by atoms with van der Waals surface area (Å²) in [5, 5.41) is 3.55. The predicted molar refractivity (Wildman–Crippen MR) is 73.2 cm³/mol. The van der Waals surface area contributed by atoms with Gasteiger partial charge in [0.15, 0.2) is 0 Å². The number of ether oxygens (including phenoxy) is 1. The van der Waals surface area contributed by atoms with Gasteiger partial charge in [0.05, 0.1) is 0 Å². The first-order valence-corrected chi connectivity index (χ1v) is 7.08. The summed E-state index contributed by atoms with van der Waals surface area (Å²) in [5.74, 6) is 1.21. The van der Waals surface area contributed by atoms with Gasteiger partial charge in [-0.15, -0.1) is 0 Å². The van der Waals surface area contributed by atoms with Crippen molar-refractivity contribution in [2.24, 2.45) is 5.92 Å². The van der Waals surface area contributed by atoms with Crippen molar-refractivity contribution in [3.63, 3.8) is 0 Å². The zero-order valence-corrected chi connectivity index (χ0v) is 11.0. The van der Waals surface area contributed by atoms with Gasteiger partial charge in [-0.25, -0.2) is 4.79 Å². The fraction of sp³-hybridized carbons (Fsp3) is 0.533. The molecule has 102 valence electrons. The van der Waals surface area contributed by atoms with Crippen LogP contribution < -0.4 is 10.1 Å². The van der Waals surface area contributed by atoms with Crippen LogP contribution in [0.25, 0.3) is 0 Å². The van der Waals surface area contributed by atoms with Crippen LogP contribution in [0.5, 0.6) is 5.75 Å². The molecule has 2 aliphatic heterocycles. The third kappa shape index (κ3) is 2.89. The van der Waals surface area contributed by atoms with Gasteiger partial charge in [0.1, 0.15) is 5.75 Å². The minimum Gasteiger partial charge on any atom is -0.410 e. The molecule has 1 N–H and O–H groups in total. The molecule has 1 aromatic rings. The average Bonchev–Trinajstić information content (AvgIpc) is 2.48. The van der Waals surface area contributed by atoms with Crippen LogP contribution in [0.15, 0.2) is 30.3 Å². The molecule has 0 saturated carbocycles. The van der Waals surface area contributed by atoms with Crippen molar-refractivity contribution in [2.75, 3.05) is 19.6 Å². The Labute approximate surface area is 113 Å². The smallest absolute Gasteiger partial charge is 0.410 e. The van der Waals surface area contributed by atoms with Crippen LogP contribution in [0.3, 0.4) is 0 Å². The highest BCUT2D eigenvalue weighted by molar-refractivity contribution is 5.70. The topological polar surface area (TPSA) is 41.6 Å². The van der Waals surface area contributed by atoms with Crippen LogP contribution in [-0.2, 0) is 0 Å². The molecule has 0 aliphatic carbocycles. The lowest BCUT2D eigenvalue weighted by atomic mass is 9.85. The normalized spacial score (nSPS) is 26.6. The number of rotatable bonds is 1. The number of nitrogens with zero attached hydrogens (tertiary/aromatic N) is 1. The Balaban J connectivity index is 1.59. The zero-order chi connectivity index (χ0) is 13.1. The van der Waals surface area contributed by atoms with Crippen LogP contribution in [-0.4, -0.2) is 36.7 Å². The monoisotopic (exact) mass is 260 g/mol. The first kappa shape index (κ1) is 12.5. The van der Waals surface area contributed by atoms with Crippen molar-refractivity contribution in [1.82, 2.24) is 10.2 Å². The number of fused-ring (bicyclic) bond motifs is 1. The molecule has 0 radical (unpaired) electrons. The maximum Gasteiger partial charge on any atom is 0.415 e. The van der Waals surface area contributed by atoms with Crippen LogP contribution in [0.4, 0.5) is 4.79 Å².